The van der Waals surface area contributed by atoms with Crippen LogP contribution < -0.4 is 5.32 Å². The largest absolute Gasteiger partial charge is 0.340 e. The number of carbonyl (C=O) groups is 2. The van der Waals surface area contributed by atoms with Gasteiger partial charge >= 0.3 is 0 Å². The van der Waals surface area contributed by atoms with Gasteiger partial charge in [0.2, 0.25) is 11.8 Å². The molecule has 1 aliphatic heterocycles. The van der Waals surface area contributed by atoms with Gasteiger partial charge in [0.1, 0.15) is 11.6 Å². The highest BCUT2D eigenvalue weighted by atomic mass is 16.2. The molecule has 1 N–H and O–H groups in total. The number of nitrogens with one attached hydrogen (secondary N) is 1. The third kappa shape index (κ3) is 2.30. The van der Waals surface area contributed by atoms with E-state index in [0.717, 1.165) is 24.1 Å². The van der Waals surface area contributed by atoms with Gasteiger partial charge in [-0.2, -0.15) is 0 Å². The second kappa shape index (κ2) is 4.83. The first kappa shape index (κ1) is 14.0. The van der Waals surface area contributed by atoms with Crippen molar-refractivity contribution in [3.63, 3.8) is 0 Å². The summed E-state index contributed by atoms with van der Waals surface area (Å²) in [7, 11) is 0. The van der Waals surface area contributed by atoms with Crippen LogP contribution in [0.15, 0.2) is 18.3 Å². The number of hydrogen-bond donors (Lipinski definition) is 1. The van der Waals surface area contributed by atoms with Gasteiger partial charge in [-0.05, 0) is 51.2 Å². The highest BCUT2D eigenvalue weighted by Crippen LogP contribution is 2.42. The monoisotopic (exact) mass is 287 g/mol. The van der Waals surface area contributed by atoms with E-state index in [0.29, 0.717) is 6.54 Å². The van der Waals surface area contributed by atoms with Crippen molar-refractivity contribution in [2.45, 2.75) is 51.7 Å². The van der Waals surface area contributed by atoms with Crippen LogP contribution in [0.5, 0.6) is 0 Å². The Balaban J connectivity index is 1.90. The first-order chi connectivity index (χ1) is 9.93. The molecule has 5 heteroatoms. The normalized spacial score (nSPS) is 29.5. The molecule has 1 aromatic rings. The van der Waals surface area contributed by atoms with Crippen LogP contribution in [0.25, 0.3) is 0 Å². The smallest absolute Gasteiger partial charge is 0.249 e. The van der Waals surface area contributed by atoms with E-state index < -0.39 is 11.6 Å². The molecule has 2 aliphatic rings. The van der Waals surface area contributed by atoms with E-state index in [1.165, 1.54) is 0 Å². The molecule has 2 unspecified atom stereocenters. The molecule has 1 aliphatic carbocycles. The molecule has 21 heavy (non-hydrogen) atoms. The van der Waals surface area contributed by atoms with Crippen LogP contribution in [0.2, 0.25) is 0 Å². The summed E-state index contributed by atoms with van der Waals surface area (Å²) in [6.07, 6.45) is 3.74. The van der Waals surface area contributed by atoms with E-state index in [2.05, 4.69) is 10.3 Å². The zero-order valence-electron chi connectivity index (χ0n) is 12.7. The van der Waals surface area contributed by atoms with Crippen molar-refractivity contribution >= 4 is 11.8 Å². The first-order valence-corrected chi connectivity index (χ1v) is 7.47. The molecule has 1 saturated carbocycles. The number of hydrogen-bond acceptors (Lipinski definition) is 3. The molecule has 0 aromatic carbocycles. The lowest BCUT2D eigenvalue weighted by molar-refractivity contribution is -0.155. The van der Waals surface area contributed by atoms with Crippen LogP contribution in [-0.4, -0.2) is 33.3 Å². The van der Waals surface area contributed by atoms with Crippen molar-refractivity contribution < 1.29 is 9.59 Å². The van der Waals surface area contributed by atoms with Gasteiger partial charge in [0.25, 0.3) is 0 Å². The number of nitrogens with zero attached hydrogens (tertiary/aromatic N) is 2. The maximum absolute atomic E-state index is 12.9. The highest BCUT2D eigenvalue weighted by molar-refractivity contribution is 5.99. The fourth-order valence-electron chi connectivity index (χ4n) is 3.02. The van der Waals surface area contributed by atoms with Crippen LogP contribution >= 0.6 is 0 Å². The highest BCUT2D eigenvalue weighted by Gasteiger charge is 2.54. The van der Waals surface area contributed by atoms with Gasteiger partial charge in [-0.3, -0.25) is 14.6 Å². The van der Waals surface area contributed by atoms with E-state index in [1.807, 2.05) is 26.0 Å². The molecule has 0 bridgehead atoms. The second-order valence-electron chi connectivity index (χ2n) is 6.34. The van der Waals surface area contributed by atoms with Crippen molar-refractivity contribution in [1.29, 1.82) is 0 Å². The molecule has 1 aromatic heterocycles. The van der Waals surface area contributed by atoms with E-state index in [-0.39, 0.29) is 17.7 Å². The number of pyridine rings is 1. The fourth-order valence-corrected chi connectivity index (χ4v) is 3.02. The molecular formula is C16H21N3O2. The minimum Gasteiger partial charge on any atom is -0.340 e. The minimum atomic E-state index is -0.744. The standard InChI is InChI=1S/C16H21N3O2/c1-10-5-4-8-17-13(10)9-19-11(2)14(20)18-16(3,15(19)21)12-6-7-12/h4-5,8,11-12H,6-7,9H2,1-3H3,(H,18,20). The van der Waals surface area contributed by atoms with Gasteiger partial charge in [-0.25, -0.2) is 0 Å². The summed E-state index contributed by atoms with van der Waals surface area (Å²) in [5, 5.41) is 2.93. The lowest BCUT2D eigenvalue weighted by Crippen LogP contribution is -2.69. The summed E-state index contributed by atoms with van der Waals surface area (Å²) in [4.78, 5) is 31.2. The Kier molecular flexibility index (Phi) is 3.23. The lowest BCUT2D eigenvalue weighted by atomic mass is 9.89. The molecule has 3 rings (SSSR count). The van der Waals surface area contributed by atoms with Gasteiger partial charge in [0.05, 0.1) is 12.2 Å². The predicted octanol–water partition coefficient (Wildman–Crippen LogP) is 1.41. The third-order valence-corrected chi connectivity index (χ3v) is 4.77. The molecule has 0 spiro atoms. The van der Waals surface area contributed by atoms with E-state index >= 15 is 0 Å². The SMILES string of the molecule is Cc1cccnc1CN1C(=O)C(C)(C2CC2)NC(=O)C1C. The molecule has 5 nitrogen and oxygen atoms in total. The zero-order chi connectivity index (χ0) is 15.2. The van der Waals surface area contributed by atoms with Gasteiger partial charge in [0, 0.05) is 6.20 Å². The Morgan fingerprint density at radius 1 is 1.43 bits per heavy atom. The number of piperazine rings is 1. The quantitative estimate of drug-likeness (QED) is 0.914. The molecule has 1 saturated heterocycles. The maximum Gasteiger partial charge on any atom is 0.249 e. The van der Waals surface area contributed by atoms with Crippen LogP contribution in [-0.2, 0) is 16.1 Å². The molecule has 2 heterocycles. The summed E-state index contributed by atoms with van der Waals surface area (Å²) in [6, 6.07) is 3.40. The number of carbonyl (C=O) groups excluding carboxylic acids is 2. The summed E-state index contributed by atoms with van der Waals surface area (Å²) in [5.41, 5.74) is 1.15. The average Bonchev–Trinajstić information content (AvgIpc) is 3.28. The topological polar surface area (TPSA) is 62.3 Å². The molecular weight excluding hydrogens is 266 g/mol. The Morgan fingerprint density at radius 2 is 2.14 bits per heavy atom. The summed E-state index contributed by atoms with van der Waals surface area (Å²) in [5.74, 6) is 0.216. The Hall–Kier alpha value is -1.91. The van der Waals surface area contributed by atoms with Crippen LogP contribution in [0.3, 0.4) is 0 Å². The maximum atomic E-state index is 12.9. The number of aryl methyl sites for hydroxylation is 1. The first-order valence-electron chi connectivity index (χ1n) is 7.47. The lowest BCUT2D eigenvalue weighted by Gasteiger charge is -2.43. The van der Waals surface area contributed by atoms with E-state index in [9.17, 15) is 9.59 Å². The Bertz CT molecular complexity index is 597. The Labute approximate surface area is 124 Å². The van der Waals surface area contributed by atoms with Gasteiger partial charge < -0.3 is 10.2 Å². The van der Waals surface area contributed by atoms with Gasteiger partial charge in [-0.1, -0.05) is 6.07 Å². The molecule has 0 radical (unpaired) electrons. The molecule has 2 atom stereocenters. The average molecular weight is 287 g/mol. The Morgan fingerprint density at radius 3 is 2.76 bits per heavy atom. The molecule has 112 valence electrons. The summed E-state index contributed by atoms with van der Waals surface area (Å²) < 4.78 is 0. The van der Waals surface area contributed by atoms with Crippen LogP contribution in [0.1, 0.15) is 37.9 Å². The predicted molar refractivity (Wildman–Crippen MR) is 78.3 cm³/mol. The third-order valence-electron chi connectivity index (χ3n) is 4.77. The van der Waals surface area contributed by atoms with Crippen molar-refractivity contribution in [2.75, 3.05) is 0 Å². The van der Waals surface area contributed by atoms with Gasteiger partial charge in [-0.15, -0.1) is 0 Å². The van der Waals surface area contributed by atoms with E-state index in [4.69, 9.17) is 0 Å². The molecule has 2 fully saturated rings. The van der Waals surface area contributed by atoms with Gasteiger partial charge in [0.15, 0.2) is 0 Å². The number of rotatable bonds is 3. The second-order valence-corrected chi connectivity index (χ2v) is 6.34. The van der Waals surface area contributed by atoms with Crippen molar-refractivity contribution in [1.82, 2.24) is 15.2 Å². The minimum absolute atomic E-state index is 0.0159. The molecule has 2 amide bonds. The number of amides is 2. The summed E-state index contributed by atoms with van der Waals surface area (Å²) >= 11 is 0. The van der Waals surface area contributed by atoms with Crippen LogP contribution in [0, 0.1) is 12.8 Å². The van der Waals surface area contributed by atoms with Crippen molar-refractivity contribution in [3.8, 4) is 0 Å². The van der Waals surface area contributed by atoms with Crippen LogP contribution in [0.4, 0.5) is 0 Å². The van der Waals surface area contributed by atoms with Crippen molar-refractivity contribution in [3.05, 3.63) is 29.6 Å². The summed E-state index contributed by atoms with van der Waals surface area (Å²) in [6.45, 7) is 6.00. The fraction of sp³-hybridized carbons (Fsp3) is 0.562. The van der Waals surface area contributed by atoms with E-state index in [1.54, 1.807) is 18.0 Å². The van der Waals surface area contributed by atoms with Crippen molar-refractivity contribution in [2.24, 2.45) is 5.92 Å². The number of aromatic nitrogens is 1. The zero-order valence-corrected chi connectivity index (χ0v) is 12.7.